The maximum Gasteiger partial charge on any atom is 0.416 e. The standard InChI is InChI=1S/C20H22ClF3N4O2/c1-2-11-30-16-4-3-14(20(22,23)24)12-15(16)25-19(29)13-7-9-28(10-8-13)18-6-5-17(21)26-27-18/h3-6,12-13H,2,7-11H2,1H3,(H,25,29). The quantitative estimate of drug-likeness (QED) is 0.696. The summed E-state index contributed by atoms with van der Waals surface area (Å²) in [4.78, 5) is 14.7. The van der Waals surface area contributed by atoms with Gasteiger partial charge in [0.2, 0.25) is 5.91 Å². The number of aromatic nitrogens is 2. The fraction of sp³-hybridized carbons (Fsp3) is 0.450. The predicted molar refractivity (Wildman–Crippen MR) is 108 cm³/mol. The van der Waals surface area contributed by atoms with Crippen molar-refractivity contribution in [1.29, 1.82) is 0 Å². The number of nitrogens with zero attached hydrogens (tertiary/aromatic N) is 3. The lowest BCUT2D eigenvalue weighted by molar-refractivity contribution is -0.137. The minimum Gasteiger partial charge on any atom is -0.491 e. The van der Waals surface area contributed by atoms with E-state index in [1.54, 1.807) is 12.1 Å². The number of carbonyl (C=O) groups excluding carboxylic acids is 1. The molecular weight excluding hydrogens is 421 g/mol. The molecule has 1 fully saturated rings. The highest BCUT2D eigenvalue weighted by atomic mass is 35.5. The molecule has 6 nitrogen and oxygen atoms in total. The Morgan fingerprint density at radius 2 is 1.97 bits per heavy atom. The number of halogens is 4. The molecule has 0 bridgehead atoms. The van der Waals surface area contributed by atoms with Crippen LogP contribution in [0.3, 0.4) is 0 Å². The molecule has 0 atom stereocenters. The van der Waals surface area contributed by atoms with Crippen molar-refractivity contribution in [2.75, 3.05) is 29.9 Å². The molecule has 1 aromatic heterocycles. The Labute approximate surface area is 177 Å². The highest BCUT2D eigenvalue weighted by Gasteiger charge is 2.32. The number of hydrogen-bond donors (Lipinski definition) is 1. The minimum atomic E-state index is -4.51. The van der Waals surface area contributed by atoms with E-state index in [2.05, 4.69) is 15.5 Å². The van der Waals surface area contributed by atoms with Gasteiger partial charge in [0.15, 0.2) is 11.0 Å². The van der Waals surface area contributed by atoms with Gasteiger partial charge in [-0.2, -0.15) is 13.2 Å². The van der Waals surface area contributed by atoms with Gasteiger partial charge in [0.25, 0.3) is 0 Å². The number of rotatable bonds is 6. The van der Waals surface area contributed by atoms with Gasteiger partial charge in [0, 0.05) is 19.0 Å². The summed E-state index contributed by atoms with van der Waals surface area (Å²) in [6.45, 7) is 3.39. The summed E-state index contributed by atoms with van der Waals surface area (Å²) in [7, 11) is 0. The third-order valence-corrected chi connectivity index (χ3v) is 5.04. The number of benzene rings is 1. The first-order valence-corrected chi connectivity index (χ1v) is 10.0. The zero-order chi connectivity index (χ0) is 21.7. The van der Waals surface area contributed by atoms with Gasteiger partial charge in [-0.3, -0.25) is 4.79 Å². The van der Waals surface area contributed by atoms with Crippen LogP contribution in [0.4, 0.5) is 24.7 Å². The molecule has 0 radical (unpaired) electrons. The molecular formula is C20H22ClF3N4O2. The van der Waals surface area contributed by atoms with E-state index >= 15 is 0 Å². The first kappa shape index (κ1) is 22.1. The van der Waals surface area contributed by atoms with Crippen molar-refractivity contribution in [3.63, 3.8) is 0 Å². The maximum atomic E-state index is 13.1. The van der Waals surface area contributed by atoms with Crippen LogP contribution >= 0.6 is 11.6 Å². The summed E-state index contributed by atoms with van der Waals surface area (Å²) in [5, 5.41) is 10.8. The summed E-state index contributed by atoms with van der Waals surface area (Å²) in [6, 6.07) is 6.52. The lowest BCUT2D eigenvalue weighted by atomic mass is 9.95. The van der Waals surface area contributed by atoms with Crippen LogP contribution in [-0.4, -0.2) is 35.8 Å². The zero-order valence-electron chi connectivity index (χ0n) is 16.4. The van der Waals surface area contributed by atoms with E-state index in [9.17, 15) is 18.0 Å². The van der Waals surface area contributed by atoms with Crippen molar-refractivity contribution in [3.05, 3.63) is 41.0 Å². The van der Waals surface area contributed by atoms with Crippen molar-refractivity contribution >= 4 is 29.0 Å². The number of amides is 1. The predicted octanol–water partition coefficient (Wildman–Crippen LogP) is 4.79. The van der Waals surface area contributed by atoms with Crippen LogP contribution in [0.15, 0.2) is 30.3 Å². The molecule has 0 spiro atoms. The van der Waals surface area contributed by atoms with Gasteiger partial charge >= 0.3 is 6.18 Å². The van der Waals surface area contributed by atoms with Crippen LogP contribution in [-0.2, 0) is 11.0 Å². The molecule has 1 aliphatic heterocycles. The fourth-order valence-electron chi connectivity index (χ4n) is 3.23. The Balaban J connectivity index is 1.67. The van der Waals surface area contributed by atoms with Crippen LogP contribution in [0.5, 0.6) is 5.75 Å². The third kappa shape index (κ3) is 5.53. The summed E-state index contributed by atoms with van der Waals surface area (Å²) < 4.78 is 44.8. The molecule has 0 unspecified atom stereocenters. The van der Waals surface area contributed by atoms with Gasteiger partial charge in [-0.15, -0.1) is 10.2 Å². The molecule has 1 amide bonds. The topological polar surface area (TPSA) is 67.3 Å². The van der Waals surface area contributed by atoms with Gasteiger partial charge in [0.05, 0.1) is 17.9 Å². The minimum absolute atomic E-state index is 0.0364. The fourth-order valence-corrected chi connectivity index (χ4v) is 3.33. The molecule has 1 aliphatic rings. The molecule has 1 N–H and O–H groups in total. The monoisotopic (exact) mass is 442 g/mol. The summed E-state index contributed by atoms with van der Waals surface area (Å²) in [5.41, 5.74) is -0.799. The number of nitrogens with one attached hydrogen (secondary N) is 1. The van der Waals surface area contributed by atoms with E-state index in [1.807, 2.05) is 11.8 Å². The van der Waals surface area contributed by atoms with Crippen molar-refractivity contribution in [2.24, 2.45) is 5.92 Å². The normalized spacial score (nSPS) is 15.2. The number of carbonyl (C=O) groups is 1. The van der Waals surface area contributed by atoms with E-state index in [-0.39, 0.29) is 23.3 Å². The molecule has 10 heteroatoms. The molecule has 0 saturated carbocycles. The second-order valence-electron chi connectivity index (χ2n) is 7.02. The van der Waals surface area contributed by atoms with Crippen molar-refractivity contribution in [2.45, 2.75) is 32.4 Å². The van der Waals surface area contributed by atoms with E-state index < -0.39 is 11.7 Å². The van der Waals surface area contributed by atoms with Gasteiger partial charge in [0.1, 0.15) is 5.75 Å². The number of piperidine rings is 1. The largest absolute Gasteiger partial charge is 0.491 e. The summed E-state index contributed by atoms with van der Waals surface area (Å²) in [5.74, 6) is 0.256. The maximum absolute atomic E-state index is 13.1. The number of anilines is 2. The van der Waals surface area contributed by atoms with Gasteiger partial charge in [-0.05, 0) is 49.6 Å². The molecule has 0 aliphatic carbocycles. The SMILES string of the molecule is CCCOc1ccc(C(F)(F)F)cc1NC(=O)C1CCN(c2ccc(Cl)nn2)CC1. The van der Waals surface area contributed by atoms with Crippen LogP contribution in [0.1, 0.15) is 31.7 Å². The zero-order valence-corrected chi connectivity index (χ0v) is 17.1. The van der Waals surface area contributed by atoms with Crippen LogP contribution in [0, 0.1) is 5.92 Å². The van der Waals surface area contributed by atoms with Crippen LogP contribution in [0.25, 0.3) is 0 Å². The Kier molecular flexibility index (Phi) is 7.02. The number of ether oxygens (including phenoxy) is 1. The van der Waals surface area contributed by atoms with Crippen molar-refractivity contribution in [3.8, 4) is 5.75 Å². The smallest absolute Gasteiger partial charge is 0.416 e. The average Bonchev–Trinajstić information content (AvgIpc) is 2.73. The Hall–Kier alpha value is -2.55. The molecule has 2 heterocycles. The van der Waals surface area contributed by atoms with Crippen LogP contribution < -0.4 is 15.0 Å². The molecule has 162 valence electrons. The van der Waals surface area contributed by atoms with Gasteiger partial charge in [-0.25, -0.2) is 0 Å². The summed E-state index contributed by atoms with van der Waals surface area (Å²) >= 11 is 5.75. The van der Waals surface area contributed by atoms with Crippen molar-refractivity contribution in [1.82, 2.24) is 10.2 Å². The number of hydrogen-bond acceptors (Lipinski definition) is 5. The molecule has 2 aromatic rings. The second-order valence-corrected chi connectivity index (χ2v) is 7.41. The second kappa shape index (κ2) is 9.51. The Morgan fingerprint density at radius 3 is 2.57 bits per heavy atom. The highest BCUT2D eigenvalue weighted by Crippen LogP contribution is 2.35. The molecule has 1 aromatic carbocycles. The molecule has 1 saturated heterocycles. The first-order valence-electron chi connectivity index (χ1n) is 9.67. The van der Waals surface area contributed by atoms with E-state index in [1.165, 1.54) is 6.07 Å². The Morgan fingerprint density at radius 1 is 1.23 bits per heavy atom. The lowest BCUT2D eigenvalue weighted by Gasteiger charge is -2.31. The summed E-state index contributed by atoms with van der Waals surface area (Å²) in [6.07, 6.45) is -2.73. The molecule has 3 rings (SSSR count). The van der Waals surface area contributed by atoms with Gasteiger partial charge in [-0.1, -0.05) is 18.5 Å². The number of alkyl halides is 3. The van der Waals surface area contributed by atoms with Gasteiger partial charge < -0.3 is 15.0 Å². The van der Waals surface area contributed by atoms with E-state index in [0.29, 0.717) is 49.9 Å². The Bertz CT molecular complexity index is 869. The third-order valence-electron chi connectivity index (χ3n) is 4.83. The van der Waals surface area contributed by atoms with Crippen molar-refractivity contribution < 1.29 is 22.7 Å². The lowest BCUT2D eigenvalue weighted by Crippen LogP contribution is -2.38. The highest BCUT2D eigenvalue weighted by molar-refractivity contribution is 6.29. The molecule has 30 heavy (non-hydrogen) atoms. The van der Waals surface area contributed by atoms with Crippen LogP contribution in [0.2, 0.25) is 5.15 Å². The average molecular weight is 443 g/mol. The first-order chi connectivity index (χ1) is 14.3. The van der Waals surface area contributed by atoms with E-state index in [4.69, 9.17) is 16.3 Å². The van der Waals surface area contributed by atoms with E-state index in [0.717, 1.165) is 12.1 Å².